The molecule has 0 unspecified atom stereocenters. The number of sulfonamides is 1. The minimum atomic E-state index is -3.46. The zero-order valence-electron chi connectivity index (χ0n) is 11.3. The molecule has 1 heterocycles. The second-order valence-electron chi connectivity index (χ2n) is 4.25. The van der Waals surface area contributed by atoms with E-state index in [1.807, 2.05) is 0 Å². The molecule has 0 aliphatic carbocycles. The third kappa shape index (κ3) is 3.81. The van der Waals surface area contributed by atoms with Gasteiger partial charge in [0.15, 0.2) is 0 Å². The first-order valence-electron chi connectivity index (χ1n) is 6.07. The van der Waals surface area contributed by atoms with Crippen LogP contribution < -0.4 is 15.8 Å². The monoisotopic (exact) mass is 325 g/mol. The number of hydrogen-bond donors (Lipinski definition) is 3. The van der Waals surface area contributed by atoms with E-state index in [1.165, 1.54) is 24.5 Å². The molecular formula is C13H15N3O3S2. The van der Waals surface area contributed by atoms with Gasteiger partial charge >= 0.3 is 0 Å². The summed E-state index contributed by atoms with van der Waals surface area (Å²) in [6, 6.07) is 8.23. The Bertz CT molecular complexity index is 754. The number of thiophene rings is 1. The first-order valence-corrected chi connectivity index (χ1v) is 8.43. The van der Waals surface area contributed by atoms with E-state index in [1.54, 1.807) is 29.6 Å². The third-order valence-electron chi connectivity index (χ3n) is 2.82. The molecule has 112 valence electrons. The van der Waals surface area contributed by atoms with Crippen LogP contribution in [-0.2, 0) is 16.6 Å². The maximum atomic E-state index is 11.7. The first kappa shape index (κ1) is 15.5. The summed E-state index contributed by atoms with van der Waals surface area (Å²) < 4.78 is 25.7. The molecule has 6 nitrogen and oxygen atoms in total. The summed E-state index contributed by atoms with van der Waals surface area (Å²) in [6.45, 7) is 0.487. The molecule has 1 aromatic heterocycles. The summed E-state index contributed by atoms with van der Waals surface area (Å²) in [7, 11) is -2.09. The second kappa shape index (κ2) is 6.25. The number of nitrogens with one attached hydrogen (secondary N) is 2. The van der Waals surface area contributed by atoms with Crippen molar-refractivity contribution in [3.8, 4) is 0 Å². The van der Waals surface area contributed by atoms with Crippen molar-refractivity contribution in [1.29, 1.82) is 0 Å². The van der Waals surface area contributed by atoms with Crippen molar-refractivity contribution >= 4 is 33.0 Å². The Kier molecular flexibility index (Phi) is 4.61. The molecule has 0 spiro atoms. The van der Waals surface area contributed by atoms with E-state index in [9.17, 15) is 13.2 Å². The standard InChI is InChI=1S/C13H15N3O3S2/c1-15-21(18,19)12-4-2-3-10(6-12)16-7-11-5-9(8-20-11)13(14)17/h2-6,8,15-16H,7H2,1H3,(H2,14,17). The summed E-state index contributed by atoms with van der Waals surface area (Å²) >= 11 is 1.42. The summed E-state index contributed by atoms with van der Waals surface area (Å²) in [5, 5.41) is 4.81. The van der Waals surface area contributed by atoms with E-state index in [2.05, 4.69) is 10.0 Å². The Balaban J connectivity index is 2.10. The lowest BCUT2D eigenvalue weighted by atomic mass is 10.3. The number of benzene rings is 1. The van der Waals surface area contributed by atoms with Gasteiger partial charge in [-0.1, -0.05) is 6.07 Å². The van der Waals surface area contributed by atoms with Gasteiger partial charge in [0.1, 0.15) is 0 Å². The van der Waals surface area contributed by atoms with Gasteiger partial charge in [0.05, 0.1) is 10.5 Å². The molecular weight excluding hydrogens is 310 g/mol. The number of hydrogen-bond acceptors (Lipinski definition) is 5. The molecule has 2 rings (SSSR count). The Morgan fingerprint density at radius 1 is 1.33 bits per heavy atom. The van der Waals surface area contributed by atoms with Gasteiger partial charge in [0.2, 0.25) is 15.9 Å². The molecule has 21 heavy (non-hydrogen) atoms. The van der Waals surface area contributed by atoms with Gasteiger partial charge in [-0.15, -0.1) is 11.3 Å². The van der Waals surface area contributed by atoms with Gasteiger partial charge in [-0.2, -0.15) is 0 Å². The number of rotatable bonds is 6. The van der Waals surface area contributed by atoms with Gasteiger partial charge in [-0.3, -0.25) is 4.79 Å². The van der Waals surface area contributed by atoms with Crippen molar-refractivity contribution in [1.82, 2.24) is 4.72 Å². The van der Waals surface area contributed by atoms with Crippen LogP contribution in [0.25, 0.3) is 0 Å². The molecule has 0 aliphatic rings. The molecule has 4 N–H and O–H groups in total. The molecule has 0 saturated heterocycles. The van der Waals surface area contributed by atoms with Crippen LogP contribution >= 0.6 is 11.3 Å². The van der Waals surface area contributed by atoms with Crippen LogP contribution in [0, 0.1) is 0 Å². The van der Waals surface area contributed by atoms with Gasteiger partial charge in [-0.05, 0) is 31.3 Å². The van der Waals surface area contributed by atoms with Crippen molar-refractivity contribution in [2.24, 2.45) is 5.73 Å². The van der Waals surface area contributed by atoms with Crippen LogP contribution in [-0.4, -0.2) is 21.4 Å². The molecule has 0 bridgehead atoms. The normalized spacial score (nSPS) is 11.3. The van der Waals surface area contributed by atoms with Crippen LogP contribution in [0.1, 0.15) is 15.2 Å². The van der Waals surface area contributed by atoms with Crippen molar-refractivity contribution in [3.63, 3.8) is 0 Å². The Labute approximate surface area is 127 Å². The van der Waals surface area contributed by atoms with E-state index in [0.717, 1.165) is 4.88 Å². The number of nitrogens with two attached hydrogens (primary N) is 1. The smallest absolute Gasteiger partial charge is 0.249 e. The summed E-state index contributed by atoms with van der Waals surface area (Å²) in [6.07, 6.45) is 0. The number of carbonyl (C=O) groups excluding carboxylic acids is 1. The lowest BCUT2D eigenvalue weighted by Gasteiger charge is -2.07. The van der Waals surface area contributed by atoms with Gasteiger partial charge in [0.25, 0.3) is 0 Å². The average Bonchev–Trinajstić information content (AvgIpc) is 2.94. The minimum Gasteiger partial charge on any atom is -0.380 e. The Hall–Kier alpha value is -1.90. The zero-order valence-corrected chi connectivity index (χ0v) is 12.9. The Morgan fingerprint density at radius 3 is 2.71 bits per heavy atom. The number of amides is 1. The number of primary amides is 1. The lowest BCUT2D eigenvalue weighted by Crippen LogP contribution is -2.18. The summed E-state index contributed by atoms with van der Waals surface area (Å²) in [5.41, 5.74) is 6.35. The van der Waals surface area contributed by atoms with Gasteiger partial charge in [0, 0.05) is 22.5 Å². The van der Waals surface area contributed by atoms with Crippen molar-refractivity contribution in [2.75, 3.05) is 12.4 Å². The van der Waals surface area contributed by atoms with Crippen LogP contribution in [0.15, 0.2) is 40.6 Å². The fourth-order valence-corrected chi connectivity index (χ4v) is 3.27. The SMILES string of the molecule is CNS(=O)(=O)c1cccc(NCc2cc(C(N)=O)cs2)c1. The van der Waals surface area contributed by atoms with Crippen molar-refractivity contribution in [2.45, 2.75) is 11.4 Å². The van der Waals surface area contributed by atoms with E-state index in [4.69, 9.17) is 5.73 Å². The molecule has 1 aromatic carbocycles. The highest BCUT2D eigenvalue weighted by atomic mass is 32.2. The van der Waals surface area contributed by atoms with Gasteiger partial charge < -0.3 is 11.1 Å². The van der Waals surface area contributed by atoms with Gasteiger partial charge in [-0.25, -0.2) is 13.1 Å². The molecule has 1 amide bonds. The highest BCUT2D eigenvalue weighted by Gasteiger charge is 2.11. The highest BCUT2D eigenvalue weighted by Crippen LogP contribution is 2.19. The van der Waals surface area contributed by atoms with E-state index < -0.39 is 15.9 Å². The van der Waals surface area contributed by atoms with E-state index in [-0.39, 0.29) is 4.90 Å². The van der Waals surface area contributed by atoms with Crippen LogP contribution in [0.4, 0.5) is 5.69 Å². The molecule has 0 fully saturated rings. The van der Waals surface area contributed by atoms with E-state index in [0.29, 0.717) is 17.8 Å². The van der Waals surface area contributed by atoms with Crippen molar-refractivity contribution < 1.29 is 13.2 Å². The Morgan fingerprint density at radius 2 is 2.10 bits per heavy atom. The van der Waals surface area contributed by atoms with E-state index >= 15 is 0 Å². The molecule has 0 aliphatic heterocycles. The fourth-order valence-electron chi connectivity index (χ4n) is 1.68. The van der Waals surface area contributed by atoms with Crippen LogP contribution in [0.3, 0.4) is 0 Å². The molecule has 0 radical (unpaired) electrons. The maximum absolute atomic E-state index is 11.7. The average molecular weight is 325 g/mol. The second-order valence-corrected chi connectivity index (χ2v) is 7.14. The summed E-state index contributed by atoms with van der Waals surface area (Å²) in [4.78, 5) is 12.1. The van der Waals surface area contributed by atoms with Crippen LogP contribution in [0.5, 0.6) is 0 Å². The molecule has 0 atom stereocenters. The third-order valence-corrected chi connectivity index (χ3v) is 5.17. The molecule has 0 saturated carbocycles. The highest BCUT2D eigenvalue weighted by molar-refractivity contribution is 7.89. The molecule has 8 heteroatoms. The molecule has 2 aromatic rings. The predicted molar refractivity (Wildman–Crippen MR) is 82.9 cm³/mol. The lowest BCUT2D eigenvalue weighted by molar-refractivity contribution is 0.100. The maximum Gasteiger partial charge on any atom is 0.249 e. The topological polar surface area (TPSA) is 101 Å². The first-order chi connectivity index (χ1) is 9.92. The summed E-state index contributed by atoms with van der Waals surface area (Å²) in [5.74, 6) is -0.459. The van der Waals surface area contributed by atoms with Crippen LogP contribution in [0.2, 0.25) is 0 Å². The predicted octanol–water partition coefficient (Wildman–Crippen LogP) is 1.37. The number of anilines is 1. The minimum absolute atomic E-state index is 0.194. The quantitative estimate of drug-likeness (QED) is 0.746. The zero-order chi connectivity index (χ0) is 15.5. The van der Waals surface area contributed by atoms with Crippen molar-refractivity contribution in [3.05, 3.63) is 46.2 Å². The largest absolute Gasteiger partial charge is 0.380 e. The fraction of sp³-hybridized carbons (Fsp3) is 0.154. The number of carbonyl (C=O) groups is 1.